The summed E-state index contributed by atoms with van der Waals surface area (Å²) < 4.78 is 5.91. The van der Waals surface area contributed by atoms with Crippen molar-refractivity contribution in [3.8, 4) is 0 Å². The number of ether oxygens (including phenoxy) is 1. The number of carbonyl (C=O) groups is 2. The first-order chi connectivity index (χ1) is 11.0. The lowest BCUT2D eigenvalue weighted by Crippen LogP contribution is -2.16. The Hall–Kier alpha value is -2.14. The van der Waals surface area contributed by atoms with Crippen LogP contribution in [0, 0.1) is 6.92 Å². The second-order valence-corrected chi connectivity index (χ2v) is 6.02. The van der Waals surface area contributed by atoms with Gasteiger partial charge < -0.3 is 10.1 Å². The fraction of sp³-hybridized carbons (Fsp3) is 0.222. The number of rotatable bonds is 5. The normalized spacial score (nSPS) is 10.2. The van der Waals surface area contributed by atoms with Crippen LogP contribution >= 0.6 is 15.9 Å². The van der Waals surface area contributed by atoms with Crippen LogP contribution in [-0.4, -0.2) is 18.5 Å². The Bertz CT molecular complexity index is 728. The van der Waals surface area contributed by atoms with Gasteiger partial charge in [0.05, 0.1) is 18.6 Å². The highest BCUT2D eigenvalue weighted by atomic mass is 79.9. The van der Waals surface area contributed by atoms with Crippen molar-refractivity contribution in [3.05, 3.63) is 63.6 Å². The number of amides is 1. The van der Waals surface area contributed by atoms with Crippen molar-refractivity contribution in [2.45, 2.75) is 20.3 Å². The van der Waals surface area contributed by atoms with Crippen molar-refractivity contribution in [2.24, 2.45) is 0 Å². The third-order valence-corrected chi connectivity index (χ3v) is 3.77. The second kappa shape index (κ2) is 7.92. The molecule has 2 aromatic rings. The number of hydrogen-bond donors (Lipinski definition) is 1. The van der Waals surface area contributed by atoms with Crippen LogP contribution in [0.5, 0.6) is 0 Å². The summed E-state index contributed by atoms with van der Waals surface area (Å²) in [5, 5.41) is 2.85. The first kappa shape index (κ1) is 17.2. The molecule has 0 bridgehead atoms. The standard InChI is InChI=1S/C18H18BrNO3/c1-3-23-18(22)14-8-7-12(2)16(11-14)20-17(21)10-13-5-4-6-15(19)9-13/h4-9,11H,3,10H2,1-2H3,(H,20,21). The number of benzene rings is 2. The SMILES string of the molecule is CCOC(=O)c1ccc(C)c(NC(=O)Cc2cccc(Br)c2)c1. The van der Waals surface area contributed by atoms with Crippen LogP contribution in [0.4, 0.5) is 5.69 Å². The van der Waals surface area contributed by atoms with E-state index in [0.29, 0.717) is 17.9 Å². The second-order valence-electron chi connectivity index (χ2n) is 5.11. The zero-order valence-electron chi connectivity index (χ0n) is 13.1. The Morgan fingerprint density at radius 1 is 1.17 bits per heavy atom. The first-order valence-electron chi connectivity index (χ1n) is 7.31. The average Bonchev–Trinajstić information content (AvgIpc) is 2.49. The van der Waals surface area contributed by atoms with E-state index in [0.717, 1.165) is 15.6 Å². The molecule has 4 nitrogen and oxygen atoms in total. The number of halogens is 1. The first-order valence-corrected chi connectivity index (χ1v) is 8.11. The molecule has 0 saturated carbocycles. The predicted molar refractivity (Wildman–Crippen MR) is 93.6 cm³/mol. The van der Waals surface area contributed by atoms with E-state index in [1.54, 1.807) is 25.1 Å². The topological polar surface area (TPSA) is 55.4 Å². The minimum absolute atomic E-state index is 0.132. The summed E-state index contributed by atoms with van der Waals surface area (Å²) in [5.41, 5.74) is 2.85. The molecule has 2 aromatic carbocycles. The smallest absolute Gasteiger partial charge is 0.338 e. The summed E-state index contributed by atoms with van der Waals surface area (Å²) in [6, 6.07) is 12.7. The van der Waals surface area contributed by atoms with E-state index in [1.807, 2.05) is 31.2 Å². The number of aryl methyl sites for hydroxylation is 1. The van der Waals surface area contributed by atoms with Crippen LogP contribution in [0.25, 0.3) is 0 Å². The summed E-state index contributed by atoms with van der Waals surface area (Å²) in [6.07, 6.45) is 0.266. The Kier molecular flexibility index (Phi) is 5.93. The number of carbonyl (C=O) groups excluding carboxylic acids is 2. The molecule has 5 heteroatoms. The van der Waals surface area contributed by atoms with Gasteiger partial charge in [-0.05, 0) is 49.2 Å². The maximum absolute atomic E-state index is 12.2. The highest BCUT2D eigenvalue weighted by Gasteiger charge is 2.11. The monoisotopic (exact) mass is 375 g/mol. The molecule has 0 saturated heterocycles. The van der Waals surface area contributed by atoms with Gasteiger partial charge in [0.2, 0.25) is 5.91 Å². The molecule has 2 rings (SSSR count). The molecule has 120 valence electrons. The largest absolute Gasteiger partial charge is 0.462 e. The highest BCUT2D eigenvalue weighted by Crippen LogP contribution is 2.19. The lowest BCUT2D eigenvalue weighted by molar-refractivity contribution is -0.115. The molecule has 0 aliphatic carbocycles. The minimum Gasteiger partial charge on any atom is -0.462 e. The van der Waals surface area contributed by atoms with Gasteiger partial charge >= 0.3 is 5.97 Å². The molecule has 1 amide bonds. The fourth-order valence-corrected chi connectivity index (χ4v) is 2.57. The van der Waals surface area contributed by atoms with Crippen molar-refractivity contribution in [1.82, 2.24) is 0 Å². The third kappa shape index (κ3) is 4.93. The molecule has 0 aliphatic heterocycles. The molecule has 1 N–H and O–H groups in total. The zero-order valence-corrected chi connectivity index (χ0v) is 14.6. The molecule has 0 unspecified atom stereocenters. The van der Waals surface area contributed by atoms with Gasteiger partial charge in [0.1, 0.15) is 0 Å². The maximum Gasteiger partial charge on any atom is 0.338 e. The number of esters is 1. The van der Waals surface area contributed by atoms with E-state index >= 15 is 0 Å². The Balaban J connectivity index is 2.11. The van der Waals surface area contributed by atoms with Crippen LogP contribution in [0.1, 0.15) is 28.4 Å². The zero-order chi connectivity index (χ0) is 16.8. The van der Waals surface area contributed by atoms with E-state index in [-0.39, 0.29) is 12.3 Å². The number of hydrogen-bond acceptors (Lipinski definition) is 3. The lowest BCUT2D eigenvalue weighted by Gasteiger charge is -2.10. The van der Waals surface area contributed by atoms with Crippen molar-refractivity contribution in [1.29, 1.82) is 0 Å². The molecular weight excluding hydrogens is 358 g/mol. The molecule has 0 heterocycles. The van der Waals surface area contributed by atoms with Crippen LogP contribution in [0.2, 0.25) is 0 Å². The summed E-state index contributed by atoms with van der Waals surface area (Å²) in [4.78, 5) is 24.0. The quantitative estimate of drug-likeness (QED) is 0.799. The molecule has 0 fully saturated rings. The minimum atomic E-state index is -0.394. The Morgan fingerprint density at radius 2 is 1.96 bits per heavy atom. The Labute approximate surface area is 144 Å². The molecule has 0 aromatic heterocycles. The van der Waals surface area contributed by atoms with Crippen LogP contribution in [-0.2, 0) is 16.0 Å². The van der Waals surface area contributed by atoms with Crippen LogP contribution in [0.3, 0.4) is 0 Å². The Morgan fingerprint density at radius 3 is 2.65 bits per heavy atom. The molecule has 0 radical (unpaired) electrons. The van der Waals surface area contributed by atoms with E-state index in [1.165, 1.54) is 0 Å². The molecule has 0 atom stereocenters. The third-order valence-electron chi connectivity index (χ3n) is 3.28. The summed E-state index contributed by atoms with van der Waals surface area (Å²) >= 11 is 3.39. The van der Waals surface area contributed by atoms with Crippen molar-refractivity contribution < 1.29 is 14.3 Å². The van der Waals surface area contributed by atoms with Crippen LogP contribution in [0.15, 0.2) is 46.9 Å². The fourth-order valence-electron chi connectivity index (χ4n) is 2.12. The average molecular weight is 376 g/mol. The van der Waals surface area contributed by atoms with Gasteiger partial charge in [0.15, 0.2) is 0 Å². The molecule has 23 heavy (non-hydrogen) atoms. The van der Waals surface area contributed by atoms with Gasteiger partial charge in [0.25, 0.3) is 0 Å². The highest BCUT2D eigenvalue weighted by molar-refractivity contribution is 9.10. The number of anilines is 1. The van der Waals surface area contributed by atoms with Crippen LogP contribution < -0.4 is 5.32 Å². The van der Waals surface area contributed by atoms with Crippen molar-refractivity contribution in [3.63, 3.8) is 0 Å². The molecule has 0 spiro atoms. The summed E-state index contributed by atoms with van der Waals surface area (Å²) in [6.45, 7) is 3.95. The van der Waals surface area contributed by atoms with Gasteiger partial charge in [0, 0.05) is 10.2 Å². The van der Waals surface area contributed by atoms with Gasteiger partial charge in [-0.2, -0.15) is 0 Å². The predicted octanol–water partition coefficient (Wildman–Crippen LogP) is 4.12. The van der Waals surface area contributed by atoms with Crippen molar-refractivity contribution >= 4 is 33.5 Å². The van der Waals surface area contributed by atoms with E-state index < -0.39 is 5.97 Å². The lowest BCUT2D eigenvalue weighted by atomic mass is 10.1. The van der Waals surface area contributed by atoms with Gasteiger partial charge in [-0.25, -0.2) is 4.79 Å². The number of nitrogens with one attached hydrogen (secondary N) is 1. The molecular formula is C18H18BrNO3. The van der Waals surface area contributed by atoms with Gasteiger partial charge in [-0.1, -0.05) is 34.1 Å². The summed E-state index contributed by atoms with van der Waals surface area (Å²) in [7, 11) is 0. The maximum atomic E-state index is 12.2. The van der Waals surface area contributed by atoms with E-state index in [2.05, 4.69) is 21.2 Å². The van der Waals surface area contributed by atoms with Gasteiger partial charge in [-0.3, -0.25) is 4.79 Å². The van der Waals surface area contributed by atoms with Crippen molar-refractivity contribution in [2.75, 3.05) is 11.9 Å². The van der Waals surface area contributed by atoms with E-state index in [9.17, 15) is 9.59 Å². The summed E-state index contributed by atoms with van der Waals surface area (Å²) in [5.74, 6) is -0.526. The van der Waals surface area contributed by atoms with E-state index in [4.69, 9.17) is 4.74 Å². The van der Waals surface area contributed by atoms with Gasteiger partial charge in [-0.15, -0.1) is 0 Å². The molecule has 0 aliphatic rings.